The van der Waals surface area contributed by atoms with Crippen molar-refractivity contribution in [3.8, 4) is 5.75 Å². The molecule has 2 N–H and O–H groups in total. The molecule has 3 aromatic carbocycles. The highest BCUT2D eigenvalue weighted by Crippen LogP contribution is 2.25. The van der Waals surface area contributed by atoms with E-state index < -0.39 is 22.0 Å². The minimum absolute atomic E-state index is 0.0248. The number of fused-ring (bicyclic) bond motifs is 1. The maximum Gasteiger partial charge on any atom is 0.263 e. The molecule has 0 radical (unpaired) electrons. The average molecular weight is 411 g/mol. The number of anilines is 1. The highest BCUT2D eigenvalue weighted by molar-refractivity contribution is 7.92. The van der Waals surface area contributed by atoms with E-state index in [-0.39, 0.29) is 5.75 Å². The Bertz CT molecular complexity index is 1160. The molecule has 0 bridgehead atoms. The zero-order valence-electron chi connectivity index (χ0n) is 16.0. The molecule has 150 valence electrons. The fourth-order valence-electron chi connectivity index (χ4n) is 3.06. The molecule has 3 aromatic rings. The van der Waals surface area contributed by atoms with E-state index in [0.29, 0.717) is 11.3 Å². The third kappa shape index (κ3) is 4.55. The molecule has 1 unspecified atom stereocenters. The Hall–Kier alpha value is -3.39. The van der Waals surface area contributed by atoms with Crippen molar-refractivity contribution >= 4 is 38.6 Å². The van der Waals surface area contributed by atoms with Crippen molar-refractivity contribution in [1.82, 2.24) is 5.43 Å². The van der Waals surface area contributed by atoms with Gasteiger partial charge < -0.3 is 5.11 Å². The lowest BCUT2D eigenvalue weighted by atomic mass is 10.0. The van der Waals surface area contributed by atoms with Gasteiger partial charge in [0.15, 0.2) is 0 Å². The van der Waals surface area contributed by atoms with Crippen molar-refractivity contribution in [2.75, 3.05) is 10.6 Å². The van der Waals surface area contributed by atoms with Crippen molar-refractivity contribution < 1.29 is 18.3 Å². The molecule has 7 nitrogen and oxygen atoms in total. The van der Waals surface area contributed by atoms with Crippen LogP contribution in [0.15, 0.2) is 71.8 Å². The van der Waals surface area contributed by atoms with Crippen molar-refractivity contribution in [3.63, 3.8) is 0 Å². The van der Waals surface area contributed by atoms with Crippen LogP contribution in [0.25, 0.3) is 10.8 Å². The molecule has 0 heterocycles. The molecule has 0 saturated carbocycles. The smallest absolute Gasteiger partial charge is 0.263 e. The summed E-state index contributed by atoms with van der Waals surface area (Å²) in [6, 6.07) is 18.1. The highest BCUT2D eigenvalue weighted by atomic mass is 32.2. The summed E-state index contributed by atoms with van der Waals surface area (Å²) in [7, 11) is -3.69. The van der Waals surface area contributed by atoms with E-state index in [4.69, 9.17) is 0 Å². The Morgan fingerprint density at radius 3 is 2.41 bits per heavy atom. The van der Waals surface area contributed by atoms with Crippen LogP contribution in [0.3, 0.4) is 0 Å². The topological polar surface area (TPSA) is 99.1 Å². The number of rotatable bonds is 6. The summed E-state index contributed by atoms with van der Waals surface area (Å²) in [5.41, 5.74) is 3.20. The van der Waals surface area contributed by atoms with Crippen LogP contribution in [-0.2, 0) is 14.8 Å². The van der Waals surface area contributed by atoms with Crippen LogP contribution in [0.1, 0.15) is 12.5 Å². The number of phenolic OH excluding ortho intramolecular Hbond substituents is 1. The first-order valence-electron chi connectivity index (χ1n) is 8.87. The monoisotopic (exact) mass is 411 g/mol. The van der Waals surface area contributed by atoms with Gasteiger partial charge in [0.1, 0.15) is 11.8 Å². The molecule has 3 rings (SSSR count). The van der Waals surface area contributed by atoms with Gasteiger partial charge in [0.05, 0.1) is 18.2 Å². The first kappa shape index (κ1) is 20.3. The molecule has 0 aliphatic rings. The molecule has 0 fully saturated rings. The maximum absolute atomic E-state index is 12.5. The Kier molecular flexibility index (Phi) is 5.84. The molecule has 1 atom stereocenters. The lowest BCUT2D eigenvalue weighted by molar-refractivity contribution is -0.121. The first-order valence-corrected chi connectivity index (χ1v) is 10.7. The van der Waals surface area contributed by atoms with E-state index in [1.165, 1.54) is 13.1 Å². The minimum Gasteiger partial charge on any atom is -0.507 e. The summed E-state index contributed by atoms with van der Waals surface area (Å²) in [4.78, 5) is 12.5. The van der Waals surface area contributed by atoms with Gasteiger partial charge in [0, 0.05) is 5.56 Å². The van der Waals surface area contributed by atoms with Crippen molar-refractivity contribution in [2.24, 2.45) is 5.10 Å². The Balaban J connectivity index is 1.82. The van der Waals surface area contributed by atoms with Crippen LogP contribution in [-0.4, -0.2) is 37.9 Å². The second-order valence-corrected chi connectivity index (χ2v) is 8.38. The number of hydrogen-bond acceptors (Lipinski definition) is 5. The van der Waals surface area contributed by atoms with Gasteiger partial charge in [-0.3, -0.25) is 9.10 Å². The maximum atomic E-state index is 12.5. The van der Waals surface area contributed by atoms with Gasteiger partial charge in [-0.15, -0.1) is 0 Å². The third-order valence-electron chi connectivity index (χ3n) is 4.42. The summed E-state index contributed by atoms with van der Waals surface area (Å²) in [6.45, 7) is 1.48. The van der Waals surface area contributed by atoms with Crippen LogP contribution < -0.4 is 9.73 Å². The fourth-order valence-corrected chi connectivity index (χ4v) is 4.23. The lowest BCUT2D eigenvalue weighted by Crippen LogP contribution is -2.46. The third-order valence-corrected chi connectivity index (χ3v) is 5.66. The molecule has 0 aliphatic carbocycles. The second kappa shape index (κ2) is 8.32. The number of phenols is 1. The molecule has 1 amide bonds. The number of aromatic hydroxyl groups is 1. The molecule has 0 saturated heterocycles. The van der Waals surface area contributed by atoms with Crippen LogP contribution in [0.5, 0.6) is 5.75 Å². The zero-order chi connectivity index (χ0) is 21.0. The normalized spacial score (nSPS) is 12.8. The quantitative estimate of drug-likeness (QED) is 0.481. The van der Waals surface area contributed by atoms with Gasteiger partial charge in [-0.05, 0) is 35.9 Å². The van der Waals surface area contributed by atoms with Gasteiger partial charge in [-0.2, -0.15) is 5.10 Å². The lowest BCUT2D eigenvalue weighted by Gasteiger charge is -2.27. The molecular formula is C21H21N3O4S. The van der Waals surface area contributed by atoms with Crippen LogP contribution in [0, 0.1) is 0 Å². The summed E-state index contributed by atoms with van der Waals surface area (Å²) < 4.78 is 25.5. The van der Waals surface area contributed by atoms with E-state index in [1.54, 1.807) is 42.5 Å². The number of nitrogens with one attached hydrogen (secondary N) is 1. The Labute approximate surface area is 169 Å². The number of para-hydroxylation sites is 1. The second-order valence-electron chi connectivity index (χ2n) is 6.52. The van der Waals surface area contributed by atoms with E-state index in [2.05, 4.69) is 10.5 Å². The first-order chi connectivity index (χ1) is 13.8. The number of hydrogen-bond donors (Lipinski definition) is 2. The largest absolute Gasteiger partial charge is 0.507 e. The predicted octanol–water partition coefficient (Wildman–Crippen LogP) is 2.85. The van der Waals surface area contributed by atoms with Crippen LogP contribution in [0.4, 0.5) is 5.69 Å². The van der Waals surface area contributed by atoms with Crippen LogP contribution in [0.2, 0.25) is 0 Å². The minimum atomic E-state index is -3.69. The van der Waals surface area contributed by atoms with Crippen molar-refractivity contribution in [3.05, 3.63) is 72.3 Å². The summed E-state index contributed by atoms with van der Waals surface area (Å²) in [6.07, 6.45) is 2.39. The van der Waals surface area contributed by atoms with Gasteiger partial charge in [0.25, 0.3) is 5.91 Å². The van der Waals surface area contributed by atoms with E-state index >= 15 is 0 Å². The molecule has 8 heteroatoms. The number of hydrazone groups is 1. The summed E-state index contributed by atoms with van der Waals surface area (Å²) in [5.74, 6) is -0.577. The zero-order valence-corrected chi connectivity index (χ0v) is 16.8. The van der Waals surface area contributed by atoms with Crippen LogP contribution >= 0.6 is 0 Å². The van der Waals surface area contributed by atoms with Gasteiger partial charge in [-0.1, -0.05) is 48.5 Å². The fraction of sp³-hybridized carbons (Fsp3) is 0.143. The number of nitrogens with zero attached hydrogens (tertiary/aromatic N) is 2. The number of carbonyl (C=O) groups excluding carboxylic acids is 1. The summed E-state index contributed by atoms with van der Waals surface area (Å²) in [5, 5.41) is 15.8. The van der Waals surface area contributed by atoms with E-state index in [0.717, 1.165) is 21.3 Å². The SMILES string of the molecule is CC(C(=O)N/N=C/c1c(O)ccc2ccccc12)N(c1ccccc1)S(C)(=O)=O. The van der Waals surface area contributed by atoms with E-state index in [1.807, 2.05) is 24.3 Å². The number of sulfonamides is 1. The number of benzene rings is 3. The van der Waals surface area contributed by atoms with Gasteiger partial charge >= 0.3 is 0 Å². The predicted molar refractivity (Wildman–Crippen MR) is 115 cm³/mol. The highest BCUT2D eigenvalue weighted by Gasteiger charge is 2.28. The number of amides is 1. The standard InChI is InChI=1S/C21H21N3O4S/c1-15(24(29(2,27)28)17-9-4-3-5-10-17)21(26)23-22-14-19-18-11-7-6-8-16(18)12-13-20(19)25/h3-15,25H,1-2H3,(H,23,26)/b22-14+. The van der Waals surface area contributed by atoms with Crippen molar-refractivity contribution in [1.29, 1.82) is 0 Å². The van der Waals surface area contributed by atoms with Gasteiger partial charge in [-0.25, -0.2) is 13.8 Å². The van der Waals surface area contributed by atoms with Crippen molar-refractivity contribution in [2.45, 2.75) is 13.0 Å². The average Bonchev–Trinajstić information content (AvgIpc) is 2.69. The van der Waals surface area contributed by atoms with Gasteiger partial charge in [0.2, 0.25) is 10.0 Å². The Morgan fingerprint density at radius 1 is 1.07 bits per heavy atom. The molecule has 0 spiro atoms. The summed E-state index contributed by atoms with van der Waals surface area (Å²) >= 11 is 0. The molecule has 0 aliphatic heterocycles. The molecule has 0 aromatic heterocycles. The van der Waals surface area contributed by atoms with E-state index in [9.17, 15) is 18.3 Å². The molecular weight excluding hydrogens is 390 g/mol. The Morgan fingerprint density at radius 2 is 1.72 bits per heavy atom. The molecule has 29 heavy (non-hydrogen) atoms. The number of carbonyl (C=O) groups is 1.